The number of hydrogen-bond acceptors (Lipinski definition) is 3. The Bertz CT molecular complexity index is 367. The molecule has 0 radical (unpaired) electrons. The average molecular weight is 210 g/mol. The number of aryl methyl sites for hydroxylation is 1. The van der Waals surface area contributed by atoms with Gasteiger partial charge in [-0.1, -0.05) is 0 Å². The van der Waals surface area contributed by atoms with Gasteiger partial charge in [0.2, 0.25) is 0 Å². The van der Waals surface area contributed by atoms with Crippen molar-refractivity contribution in [2.24, 2.45) is 0 Å². The molecule has 0 aliphatic carbocycles. The fourth-order valence-corrected chi connectivity index (χ4v) is 1.81. The lowest BCUT2D eigenvalue weighted by Crippen LogP contribution is -2.06. The minimum absolute atomic E-state index is 0.142. The summed E-state index contributed by atoms with van der Waals surface area (Å²) in [6, 6.07) is 0. The van der Waals surface area contributed by atoms with Gasteiger partial charge in [0.05, 0.1) is 12.3 Å². The van der Waals surface area contributed by atoms with Crippen molar-refractivity contribution in [3.63, 3.8) is 0 Å². The largest absolute Gasteiger partial charge is 0.478 e. The molecule has 1 fully saturated rings. The minimum atomic E-state index is -0.906. The van der Waals surface area contributed by atoms with Crippen molar-refractivity contribution in [1.29, 1.82) is 0 Å². The van der Waals surface area contributed by atoms with Crippen LogP contribution in [-0.4, -0.2) is 34.1 Å². The highest BCUT2D eigenvalue weighted by Gasteiger charge is 2.26. The summed E-state index contributed by atoms with van der Waals surface area (Å²) in [6.07, 6.45) is 2.46. The first kappa shape index (κ1) is 10.2. The Morgan fingerprint density at radius 3 is 3.13 bits per heavy atom. The van der Waals surface area contributed by atoms with Gasteiger partial charge in [0.1, 0.15) is 5.56 Å². The summed E-state index contributed by atoms with van der Waals surface area (Å²) < 4.78 is 6.91. The van der Waals surface area contributed by atoms with Crippen LogP contribution in [0, 0.1) is 0 Å². The number of carbonyl (C=O) groups is 1. The van der Waals surface area contributed by atoms with Crippen molar-refractivity contribution in [3.8, 4) is 0 Å². The van der Waals surface area contributed by atoms with Crippen molar-refractivity contribution in [2.45, 2.75) is 25.8 Å². The SMILES string of the molecule is CCn1cc(C(=O)O)c(C2CCOC2)n1. The molecule has 1 aliphatic rings. The smallest absolute Gasteiger partial charge is 0.339 e. The van der Waals surface area contributed by atoms with Gasteiger partial charge in [0.25, 0.3) is 0 Å². The van der Waals surface area contributed by atoms with Gasteiger partial charge in [-0.05, 0) is 13.3 Å². The van der Waals surface area contributed by atoms with E-state index in [1.165, 1.54) is 0 Å². The van der Waals surface area contributed by atoms with Crippen LogP contribution in [0.15, 0.2) is 6.20 Å². The molecule has 1 atom stereocenters. The summed E-state index contributed by atoms with van der Waals surface area (Å²) in [6.45, 7) is 3.91. The summed E-state index contributed by atoms with van der Waals surface area (Å²) in [5, 5.41) is 13.3. The maximum Gasteiger partial charge on any atom is 0.339 e. The second kappa shape index (κ2) is 4.02. The molecule has 1 aromatic rings. The third-order valence-electron chi connectivity index (χ3n) is 2.66. The number of aromatic nitrogens is 2. The quantitative estimate of drug-likeness (QED) is 0.811. The molecule has 82 valence electrons. The highest BCUT2D eigenvalue weighted by atomic mass is 16.5. The number of carboxylic acid groups (broad SMARTS) is 1. The van der Waals surface area contributed by atoms with Crippen LogP contribution in [0.4, 0.5) is 0 Å². The predicted octanol–water partition coefficient (Wildman–Crippen LogP) is 1.11. The highest BCUT2D eigenvalue weighted by Crippen LogP contribution is 2.26. The number of aromatic carboxylic acids is 1. The van der Waals surface area contributed by atoms with Crippen molar-refractivity contribution in [1.82, 2.24) is 9.78 Å². The van der Waals surface area contributed by atoms with E-state index >= 15 is 0 Å². The molecule has 0 amide bonds. The van der Waals surface area contributed by atoms with E-state index in [1.807, 2.05) is 6.92 Å². The van der Waals surface area contributed by atoms with E-state index in [0.29, 0.717) is 31.0 Å². The highest BCUT2D eigenvalue weighted by molar-refractivity contribution is 5.88. The number of nitrogens with zero attached hydrogens (tertiary/aromatic N) is 2. The molecule has 2 rings (SSSR count). The Morgan fingerprint density at radius 2 is 2.60 bits per heavy atom. The molecule has 5 heteroatoms. The fraction of sp³-hybridized carbons (Fsp3) is 0.600. The van der Waals surface area contributed by atoms with Gasteiger partial charge in [-0.2, -0.15) is 5.10 Å². The Hall–Kier alpha value is -1.36. The van der Waals surface area contributed by atoms with E-state index in [-0.39, 0.29) is 5.92 Å². The van der Waals surface area contributed by atoms with Crippen LogP contribution in [0.25, 0.3) is 0 Å². The molecule has 0 aromatic carbocycles. The molecular weight excluding hydrogens is 196 g/mol. The Morgan fingerprint density at radius 1 is 1.80 bits per heavy atom. The summed E-state index contributed by atoms with van der Waals surface area (Å²) >= 11 is 0. The molecule has 0 saturated carbocycles. The Kier molecular flexibility index (Phi) is 2.73. The molecule has 1 N–H and O–H groups in total. The van der Waals surface area contributed by atoms with E-state index in [2.05, 4.69) is 5.10 Å². The molecule has 15 heavy (non-hydrogen) atoms. The first-order valence-electron chi connectivity index (χ1n) is 5.10. The molecule has 1 unspecified atom stereocenters. The topological polar surface area (TPSA) is 64.4 Å². The van der Waals surface area contributed by atoms with E-state index in [4.69, 9.17) is 9.84 Å². The zero-order valence-electron chi connectivity index (χ0n) is 8.64. The lowest BCUT2D eigenvalue weighted by Gasteiger charge is -2.04. The molecule has 1 saturated heterocycles. The lowest BCUT2D eigenvalue weighted by molar-refractivity contribution is 0.0695. The Balaban J connectivity index is 2.34. The molecule has 0 spiro atoms. The molecule has 1 aromatic heterocycles. The van der Waals surface area contributed by atoms with Gasteiger partial charge >= 0.3 is 5.97 Å². The van der Waals surface area contributed by atoms with E-state index in [1.54, 1.807) is 10.9 Å². The maximum absolute atomic E-state index is 11.0. The number of hydrogen-bond donors (Lipinski definition) is 1. The maximum atomic E-state index is 11.0. The van der Waals surface area contributed by atoms with Gasteiger partial charge in [-0.3, -0.25) is 4.68 Å². The predicted molar refractivity (Wildman–Crippen MR) is 53.0 cm³/mol. The summed E-state index contributed by atoms with van der Waals surface area (Å²) in [5.74, 6) is -0.763. The first-order chi connectivity index (χ1) is 7.22. The molecule has 2 heterocycles. The van der Waals surface area contributed by atoms with Gasteiger partial charge in [0.15, 0.2) is 0 Å². The van der Waals surface area contributed by atoms with Crippen LogP contribution in [0.5, 0.6) is 0 Å². The van der Waals surface area contributed by atoms with Crippen LogP contribution in [0.2, 0.25) is 0 Å². The van der Waals surface area contributed by atoms with Gasteiger partial charge in [-0.15, -0.1) is 0 Å². The van der Waals surface area contributed by atoms with E-state index < -0.39 is 5.97 Å². The summed E-state index contributed by atoms with van der Waals surface area (Å²) in [5.41, 5.74) is 0.981. The Labute approximate surface area is 87.7 Å². The van der Waals surface area contributed by atoms with Crippen molar-refractivity contribution < 1.29 is 14.6 Å². The number of ether oxygens (including phenoxy) is 1. The third kappa shape index (κ3) is 1.87. The van der Waals surface area contributed by atoms with Gasteiger partial charge in [-0.25, -0.2) is 4.79 Å². The van der Waals surface area contributed by atoms with Gasteiger partial charge in [0, 0.05) is 25.3 Å². The second-order valence-corrected chi connectivity index (χ2v) is 3.65. The molecular formula is C10H14N2O3. The zero-order valence-corrected chi connectivity index (χ0v) is 8.64. The summed E-state index contributed by atoms with van der Waals surface area (Å²) in [4.78, 5) is 11.0. The van der Waals surface area contributed by atoms with E-state index in [9.17, 15) is 4.79 Å². The summed E-state index contributed by atoms with van der Waals surface area (Å²) in [7, 11) is 0. The third-order valence-corrected chi connectivity index (χ3v) is 2.66. The van der Waals surface area contributed by atoms with E-state index in [0.717, 1.165) is 6.42 Å². The average Bonchev–Trinajstić information content (AvgIpc) is 2.86. The van der Waals surface area contributed by atoms with Crippen LogP contribution in [-0.2, 0) is 11.3 Å². The van der Waals surface area contributed by atoms with Crippen LogP contribution < -0.4 is 0 Å². The first-order valence-corrected chi connectivity index (χ1v) is 5.10. The van der Waals surface area contributed by atoms with Crippen LogP contribution in [0.3, 0.4) is 0 Å². The van der Waals surface area contributed by atoms with Crippen molar-refractivity contribution in [3.05, 3.63) is 17.5 Å². The monoisotopic (exact) mass is 210 g/mol. The molecule has 5 nitrogen and oxygen atoms in total. The van der Waals surface area contributed by atoms with Crippen molar-refractivity contribution in [2.75, 3.05) is 13.2 Å². The second-order valence-electron chi connectivity index (χ2n) is 3.65. The lowest BCUT2D eigenvalue weighted by atomic mass is 10.0. The number of carboxylic acids is 1. The van der Waals surface area contributed by atoms with Gasteiger partial charge < -0.3 is 9.84 Å². The zero-order chi connectivity index (χ0) is 10.8. The molecule has 1 aliphatic heterocycles. The van der Waals surface area contributed by atoms with Crippen LogP contribution in [0.1, 0.15) is 35.3 Å². The van der Waals surface area contributed by atoms with Crippen molar-refractivity contribution >= 4 is 5.97 Å². The fourth-order valence-electron chi connectivity index (χ4n) is 1.81. The standard InChI is InChI=1S/C10H14N2O3/c1-2-12-5-8(10(13)14)9(11-12)7-3-4-15-6-7/h5,7H,2-4,6H2,1H3,(H,13,14). The van der Waals surface area contributed by atoms with Crippen LogP contribution >= 0.6 is 0 Å². The minimum Gasteiger partial charge on any atom is -0.478 e. The normalized spacial score (nSPS) is 20.7. The number of rotatable bonds is 3. The molecule has 0 bridgehead atoms.